The fourth-order valence-electron chi connectivity index (χ4n) is 2.47. The molecule has 0 unspecified atom stereocenters. The minimum absolute atomic E-state index is 0.367. The second-order valence-corrected chi connectivity index (χ2v) is 6.68. The maximum atomic E-state index is 6.21. The Kier molecular flexibility index (Phi) is 6.32. The van der Waals surface area contributed by atoms with Gasteiger partial charge in [0.05, 0.1) is 5.69 Å². The Balaban J connectivity index is 1.74. The molecule has 0 aromatic heterocycles. The van der Waals surface area contributed by atoms with E-state index >= 15 is 0 Å². The summed E-state index contributed by atoms with van der Waals surface area (Å²) >= 11 is 12.1. The number of halogens is 2. The second kappa shape index (κ2) is 8.88. The Hall–Kier alpha value is -2.29. The first kappa shape index (κ1) is 18.5. The van der Waals surface area contributed by atoms with Gasteiger partial charge in [-0.25, -0.2) is 0 Å². The summed E-state index contributed by atoms with van der Waals surface area (Å²) in [5.41, 5.74) is 4.01. The van der Waals surface area contributed by atoms with Crippen LogP contribution in [0.4, 0.5) is 5.69 Å². The first-order chi connectivity index (χ1) is 12.7. The normalized spacial score (nSPS) is 11.0. The van der Waals surface area contributed by atoms with E-state index in [-0.39, 0.29) is 0 Å². The molecule has 0 bridgehead atoms. The summed E-state index contributed by atoms with van der Waals surface area (Å²) in [6, 6.07) is 21.4. The molecule has 0 saturated carbocycles. The molecule has 26 heavy (non-hydrogen) atoms. The van der Waals surface area contributed by atoms with Gasteiger partial charge in [0, 0.05) is 27.4 Å². The lowest BCUT2D eigenvalue weighted by Gasteiger charge is -2.10. The zero-order chi connectivity index (χ0) is 18.4. The van der Waals surface area contributed by atoms with Gasteiger partial charge in [-0.2, -0.15) is 0 Å². The molecule has 3 aromatic carbocycles. The third kappa shape index (κ3) is 4.87. The summed E-state index contributed by atoms with van der Waals surface area (Å²) < 4.78 is 5.95. The van der Waals surface area contributed by atoms with Crippen LogP contribution in [0.3, 0.4) is 0 Å². The molecule has 0 heterocycles. The lowest BCUT2D eigenvalue weighted by atomic mass is 10.1. The smallest absolute Gasteiger partial charge is 0.128 e. The minimum atomic E-state index is 0.367. The number of hydrogen-bond acceptors (Lipinski definition) is 2. The van der Waals surface area contributed by atoms with Crippen molar-refractivity contribution in [1.82, 2.24) is 0 Å². The van der Waals surface area contributed by atoms with Gasteiger partial charge < -0.3 is 4.74 Å². The number of aliphatic imine (C=N–C) groups is 1. The highest BCUT2D eigenvalue weighted by Gasteiger charge is 2.05. The van der Waals surface area contributed by atoms with Crippen LogP contribution in [-0.4, -0.2) is 6.21 Å². The number of aryl methyl sites for hydroxylation is 1. The molecule has 132 valence electrons. The summed E-state index contributed by atoms with van der Waals surface area (Å²) in [6.45, 7) is 2.50. The average molecular weight is 384 g/mol. The number of hydrogen-bond donors (Lipinski definition) is 0. The average Bonchev–Trinajstić information content (AvgIpc) is 2.67. The molecule has 2 nitrogen and oxygen atoms in total. The van der Waals surface area contributed by atoms with E-state index in [0.717, 1.165) is 29.0 Å². The van der Waals surface area contributed by atoms with E-state index in [2.05, 4.69) is 24.0 Å². The lowest BCUT2D eigenvalue weighted by molar-refractivity contribution is 0.306. The molecule has 3 aromatic rings. The van der Waals surface area contributed by atoms with Crippen LogP contribution < -0.4 is 4.74 Å². The van der Waals surface area contributed by atoms with Crippen molar-refractivity contribution in [2.75, 3.05) is 0 Å². The van der Waals surface area contributed by atoms with Crippen LogP contribution in [0, 0.1) is 0 Å². The fourth-order valence-corrected chi connectivity index (χ4v) is 2.94. The summed E-state index contributed by atoms with van der Waals surface area (Å²) in [6.07, 6.45) is 2.84. The zero-order valence-corrected chi connectivity index (χ0v) is 16.0. The van der Waals surface area contributed by atoms with E-state index < -0.39 is 0 Å². The van der Waals surface area contributed by atoms with Crippen LogP contribution in [0.15, 0.2) is 71.7 Å². The highest BCUT2D eigenvalue weighted by atomic mass is 35.5. The number of rotatable bonds is 6. The number of para-hydroxylation sites is 1. The van der Waals surface area contributed by atoms with Crippen molar-refractivity contribution in [2.45, 2.75) is 20.0 Å². The van der Waals surface area contributed by atoms with Gasteiger partial charge in [0.15, 0.2) is 0 Å². The van der Waals surface area contributed by atoms with Gasteiger partial charge in [0.2, 0.25) is 0 Å². The van der Waals surface area contributed by atoms with Crippen LogP contribution in [0.2, 0.25) is 10.0 Å². The van der Waals surface area contributed by atoms with Gasteiger partial charge in [-0.05, 0) is 48.4 Å². The maximum Gasteiger partial charge on any atom is 0.128 e. The standard InChI is InChI=1S/C22H19Cl2NO/c1-2-16-7-11-20(12-8-16)25-14-17-5-3-4-6-22(17)26-15-18-9-10-19(23)13-21(18)24/h3-14H,2,15H2,1H3. The topological polar surface area (TPSA) is 21.6 Å². The highest BCUT2D eigenvalue weighted by Crippen LogP contribution is 2.24. The molecule has 0 aliphatic rings. The molecule has 0 saturated heterocycles. The van der Waals surface area contributed by atoms with Crippen LogP contribution in [0.5, 0.6) is 5.75 Å². The molecular weight excluding hydrogens is 365 g/mol. The molecule has 0 radical (unpaired) electrons. The molecular formula is C22H19Cl2NO. The van der Waals surface area contributed by atoms with Crippen molar-refractivity contribution in [3.8, 4) is 5.75 Å². The molecule has 0 aliphatic heterocycles. The molecule has 3 rings (SSSR count). The van der Waals surface area contributed by atoms with E-state index in [9.17, 15) is 0 Å². The van der Waals surface area contributed by atoms with Crippen LogP contribution in [0.25, 0.3) is 0 Å². The second-order valence-electron chi connectivity index (χ2n) is 5.84. The fraction of sp³-hybridized carbons (Fsp3) is 0.136. The van der Waals surface area contributed by atoms with E-state index in [4.69, 9.17) is 27.9 Å². The van der Waals surface area contributed by atoms with Gasteiger partial charge in [0.25, 0.3) is 0 Å². The van der Waals surface area contributed by atoms with Gasteiger partial charge in [-0.15, -0.1) is 0 Å². The molecule has 4 heteroatoms. The van der Waals surface area contributed by atoms with E-state index in [1.165, 1.54) is 5.56 Å². The molecule has 0 spiro atoms. The minimum Gasteiger partial charge on any atom is -0.488 e. The summed E-state index contributed by atoms with van der Waals surface area (Å²) in [4.78, 5) is 4.55. The Morgan fingerprint density at radius 3 is 2.46 bits per heavy atom. The van der Waals surface area contributed by atoms with Crippen LogP contribution in [0.1, 0.15) is 23.6 Å². The van der Waals surface area contributed by atoms with Crippen molar-refractivity contribution in [3.05, 3.63) is 93.5 Å². The van der Waals surface area contributed by atoms with Gasteiger partial charge in [-0.1, -0.05) is 60.5 Å². The maximum absolute atomic E-state index is 6.21. The molecule has 0 atom stereocenters. The van der Waals surface area contributed by atoms with Crippen molar-refractivity contribution in [2.24, 2.45) is 4.99 Å². The molecule has 0 amide bonds. The number of nitrogens with zero attached hydrogens (tertiary/aromatic N) is 1. The summed E-state index contributed by atoms with van der Waals surface area (Å²) in [5, 5.41) is 1.21. The Morgan fingerprint density at radius 2 is 1.73 bits per heavy atom. The van der Waals surface area contributed by atoms with Gasteiger partial charge >= 0.3 is 0 Å². The Labute approximate surface area is 164 Å². The van der Waals surface area contributed by atoms with Crippen LogP contribution in [-0.2, 0) is 13.0 Å². The molecule has 0 aliphatic carbocycles. The summed E-state index contributed by atoms with van der Waals surface area (Å²) in [5.74, 6) is 0.757. The van der Waals surface area contributed by atoms with Gasteiger partial charge in [0.1, 0.15) is 12.4 Å². The third-order valence-corrected chi connectivity index (χ3v) is 4.60. The Morgan fingerprint density at radius 1 is 0.962 bits per heavy atom. The quantitative estimate of drug-likeness (QED) is 0.424. The molecule has 0 fully saturated rings. The molecule has 0 N–H and O–H groups in total. The highest BCUT2D eigenvalue weighted by molar-refractivity contribution is 6.35. The summed E-state index contributed by atoms with van der Waals surface area (Å²) in [7, 11) is 0. The largest absolute Gasteiger partial charge is 0.488 e. The monoisotopic (exact) mass is 383 g/mol. The van der Waals surface area contributed by atoms with Gasteiger partial charge in [-0.3, -0.25) is 4.99 Å². The van der Waals surface area contributed by atoms with Crippen molar-refractivity contribution in [3.63, 3.8) is 0 Å². The third-order valence-electron chi connectivity index (χ3n) is 4.01. The predicted octanol–water partition coefficient (Wildman–Crippen LogP) is 6.89. The van der Waals surface area contributed by atoms with Crippen molar-refractivity contribution in [1.29, 1.82) is 0 Å². The first-order valence-electron chi connectivity index (χ1n) is 8.44. The SMILES string of the molecule is CCc1ccc(N=Cc2ccccc2OCc2ccc(Cl)cc2Cl)cc1. The van der Waals surface area contributed by atoms with E-state index in [0.29, 0.717) is 16.7 Å². The van der Waals surface area contributed by atoms with E-state index in [1.807, 2.05) is 48.7 Å². The van der Waals surface area contributed by atoms with E-state index in [1.54, 1.807) is 12.1 Å². The van der Waals surface area contributed by atoms with Crippen LogP contribution >= 0.6 is 23.2 Å². The first-order valence-corrected chi connectivity index (χ1v) is 9.20. The van der Waals surface area contributed by atoms with Crippen molar-refractivity contribution >= 4 is 35.1 Å². The Bertz CT molecular complexity index is 904. The number of ether oxygens (including phenoxy) is 1. The zero-order valence-electron chi connectivity index (χ0n) is 14.5. The predicted molar refractivity (Wildman–Crippen MR) is 110 cm³/mol. The van der Waals surface area contributed by atoms with Crippen molar-refractivity contribution < 1.29 is 4.74 Å². The lowest BCUT2D eigenvalue weighted by Crippen LogP contribution is -1.99. The number of benzene rings is 3.